The Bertz CT molecular complexity index is 660. The molecule has 0 spiro atoms. The van der Waals surface area contributed by atoms with Crippen molar-refractivity contribution in [1.82, 2.24) is 25.1 Å². The van der Waals surface area contributed by atoms with Crippen LogP contribution in [0.3, 0.4) is 0 Å². The van der Waals surface area contributed by atoms with Crippen LogP contribution in [-0.4, -0.2) is 28.8 Å². The van der Waals surface area contributed by atoms with E-state index in [0.29, 0.717) is 11.4 Å². The average Bonchev–Trinajstić information content (AvgIpc) is 2.81. The highest BCUT2D eigenvalue weighted by Crippen LogP contribution is 2.17. The van der Waals surface area contributed by atoms with E-state index in [4.69, 9.17) is 0 Å². The van der Waals surface area contributed by atoms with Crippen LogP contribution in [-0.2, 0) is 16.6 Å². The third kappa shape index (κ3) is 2.54. The molecule has 8 heteroatoms. The summed E-state index contributed by atoms with van der Waals surface area (Å²) in [5, 5.41) is 13.4. The second-order valence-electron chi connectivity index (χ2n) is 4.50. The van der Waals surface area contributed by atoms with Gasteiger partial charge in [-0.05, 0) is 27.7 Å². The molecule has 3 N–H and O–H groups in total. The minimum Gasteiger partial charge on any atom is -0.282 e. The molecule has 2 heterocycles. The number of aromatic nitrogens is 4. The van der Waals surface area contributed by atoms with Crippen LogP contribution in [0, 0.1) is 27.7 Å². The van der Waals surface area contributed by atoms with Gasteiger partial charge in [-0.2, -0.15) is 10.2 Å². The van der Waals surface area contributed by atoms with Crippen LogP contribution in [0.4, 0.5) is 0 Å². The molecular formula is C11H17N5O2S. The standard InChI is InChI=1S/C11H17N5O2S/c1-6-10(7(2)14-13-6)5-12-19(17,18)11-8(3)15-16-9(11)4/h12H,5H2,1-4H3,(H,13,14)(H,15,16). The molecule has 0 aromatic carbocycles. The molecule has 104 valence electrons. The first-order chi connectivity index (χ1) is 8.83. The van der Waals surface area contributed by atoms with Gasteiger partial charge in [0.1, 0.15) is 4.90 Å². The molecule has 0 radical (unpaired) electrons. The van der Waals surface area contributed by atoms with Gasteiger partial charge in [0.05, 0.1) is 17.1 Å². The van der Waals surface area contributed by atoms with Crippen LogP contribution in [0.5, 0.6) is 0 Å². The number of rotatable bonds is 4. The molecule has 0 saturated heterocycles. The Morgan fingerprint density at radius 3 is 2.05 bits per heavy atom. The summed E-state index contributed by atoms with van der Waals surface area (Å²) in [6.45, 7) is 7.25. The van der Waals surface area contributed by atoms with E-state index in [-0.39, 0.29) is 11.4 Å². The lowest BCUT2D eigenvalue weighted by atomic mass is 10.2. The van der Waals surface area contributed by atoms with Gasteiger partial charge in [-0.25, -0.2) is 13.1 Å². The molecule has 0 saturated carbocycles. The fraction of sp³-hybridized carbons (Fsp3) is 0.455. The van der Waals surface area contributed by atoms with Gasteiger partial charge in [0.25, 0.3) is 0 Å². The summed E-state index contributed by atoms with van der Waals surface area (Å²) in [5.74, 6) is 0. The number of hydrogen-bond acceptors (Lipinski definition) is 4. The van der Waals surface area contributed by atoms with E-state index in [0.717, 1.165) is 17.0 Å². The lowest BCUT2D eigenvalue weighted by Crippen LogP contribution is -2.24. The quantitative estimate of drug-likeness (QED) is 0.773. The summed E-state index contributed by atoms with van der Waals surface area (Å²) in [6.07, 6.45) is 0. The highest BCUT2D eigenvalue weighted by molar-refractivity contribution is 7.89. The van der Waals surface area contributed by atoms with Crippen molar-refractivity contribution in [2.75, 3.05) is 0 Å². The van der Waals surface area contributed by atoms with E-state index in [1.807, 2.05) is 13.8 Å². The van der Waals surface area contributed by atoms with Crippen molar-refractivity contribution in [3.05, 3.63) is 28.3 Å². The highest BCUT2D eigenvalue weighted by atomic mass is 32.2. The van der Waals surface area contributed by atoms with Crippen molar-refractivity contribution in [2.45, 2.75) is 39.1 Å². The second kappa shape index (κ2) is 4.78. The number of nitrogens with one attached hydrogen (secondary N) is 3. The normalized spacial score (nSPS) is 12.0. The van der Waals surface area contributed by atoms with Crippen LogP contribution in [0.1, 0.15) is 28.3 Å². The third-order valence-electron chi connectivity index (χ3n) is 3.05. The van der Waals surface area contributed by atoms with Gasteiger partial charge in [-0.1, -0.05) is 0 Å². The van der Waals surface area contributed by atoms with Gasteiger partial charge in [0, 0.05) is 17.8 Å². The van der Waals surface area contributed by atoms with E-state index < -0.39 is 10.0 Å². The molecule has 2 rings (SSSR count). The van der Waals surface area contributed by atoms with Gasteiger partial charge < -0.3 is 0 Å². The smallest absolute Gasteiger partial charge is 0.244 e. The summed E-state index contributed by atoms with van der Waals surface area (Å²) in [4.78, 5) is 0.214. The number of sulfonamides is 1. The third-order valence-corrected chi connectivity index (χ3v) is 4.71. The summed E-state index contributed by atoms with van der Waals surface area (Å²) < 4.78 is 27.1. The number of nitrogens with zero attached hydrogens (tertiary/aromatic N) is 2. The highest BCUT2D eigenvalue weighted by Gasteiger charge is 2.22. The number of aromatic amines is 2. The predicted molar refractivity (Wildman–Crippen MR) is 70.1 cm³/mol. The van der Waals surface area contributed by atoms with Crippen LogP contribution in [0.25, 0.3) is 0 Å². The Hall–Kier alpha value is -1.67. The first-order valence-electron chi connectivity index (χ1n) is 5.84. The SMILES string of the molecule is Cc1n[nH]c(C)c1CNS(=O)(=O)c1c(C)n[nH]c1C. The van der Waals surface area contributed by atoms with Crippen molar-refractivity contribution in [1.29, 1.82) is 0 Å². The number of hydrogen-bond donors (Lipinski definition) is 3. The zero-order valence-electron chi connectivity index (χ0n) is 11.3. The van der Waals surface area contributed by atoms with Gasteiger partial charge in [0.2, 0.25) is 10.0 Å². The zero-order valence-corrected chi connectivity index (χ0v) is 12.1. The van der Waals surface area contributed by atoms with Crippen molar-refractivity contribution in [2.24, 2.45) is 0 Å². The fourth-order valence-corrected chi connectivity index (χ4v) is 3.37. The molecule has 0 unspecified atom stereocenters. The van der Waals surface area contributed by atoms with Gasteiger partial charge in [0.15, 0.2) is 0 Å². The van der Waals surface area contributed by atoms with E-state index >= 15 is 0 Å². The molecule has 0 aliphatic carbocycles. The number of aryl methyl sites for hydroxylation is 4. The predicted octanol–water partition coefficient (Wildman–Crippen LogP) is 0.845. The summed E-state index contributed by atoms with van der Waals surface area (Å²) in [7, 11) is -3.57. The average molecular weight is 283 g/mol. The minimum atomic E-state index is -3.57. The Kier molecular flexibility index (Phi) is 3.46. The van der Waals surface area contributed by atoms with Crippen molar-refractivity contribution in [3.8, 4) is 0 Å². The Morgan fingerprint density at radius 1 is 1.00 bits per heavy atom. The first-order valence-corrected chi connectivity index (χ1v) is 7.33. The van der Waals surface area contributed by atoms with Crippen molar-refractivity contribution >= 4 is 10.0 Å². The maximum atomic E-state index is 12.3. The molecule has 2 aromatic heterocycles. The van der Waals surface area contributed by atoms with Crippen LogP contribution in [0.2, 0.25) is 0 Å². The Morgan fingerprint density at radius 2 is 1.58 bits per heavy atom. The van der Waals surface area contributed by atoms with Crippen LogP contribution >= 0.6 is 0 Å². The molecule has 0 fully saturated rings. The maximum absolute atomic E-state index is 12.3. The minimum absolute atomic E-state index is 0.209. The van der Waals surface area contributed by atoms with Gasteiger partial charge in [-0.3, -0.25) is 10.2 Å². The first kappa shape index (κ1) is 13.8. The number of H-pyrrole nitrogens is 2. The van der Waals surface area contributed by atoms with Crippen LogP contribution < -0.4 is 4.72 Å². The summed E-state index contributed by atoms with van der Waals surface area (Å²) in [6, 6.07) is 0. The fourth-order valence-electron chi connectivity index (χ4n) is 2.01. The maximum Gasteiger partial charge on any atom is 0.244 e. The van der Waals surface area contributed by atoms with E-state index in [1.165, 1.54) is 0 Å². The molecule has 0 aliphatic heterocycles. The molecule has 0 amide bonds. The topological polar surface area (TPSA) is 104 Å². The Balaban J connectivity index is 2.24. The lowest BCUT2D eigenvalue weighted by molar-refractivity contribution is 0.580. The lowest BCUT2D eigenvalue weighted by Gasteiger charge is -2.07. The Labute approximate surface area is 111 Å². The largest absolute Gasteiger partial charge is 0.282 e. The summed E-state index contributed by atoms with van der Waals surface area (Å²) in [5.41, 5.74) is 3.51. The van der Waals surface area contributed by atoms with E-state index in [1.54, 1.807) is 13.8 Å². The second-order valence-corrected chi connectivity index (χ2v) is 6.20. The van der Waals surface area contributed by atoms with Crippen molar-refractivity contribution < 1.29 is 8.42 Å². The molecule has 0 atom stereocenters. The molecule has 19 heavy (non-hydrogen) atoms. The van der Waals surface area contributed by atoms with Gasteiger partial charge in [-0.15, -0.1) is 0 Å². The van der Waals surface area contributed by atoms with Crippen LogP contribution in [0.15, 0.2) is 4.90 Å². The van der Waals surface area contributed by atoms with Gasteiger partial charge >= 0.3 is 0 Å². The summed E-state index contributed by atoms with van der Waals surface area (Å²) >= 11 is 0. The van der Waals surface area contributed by atoms with Crippen molar-refractivity contribution in [3.63, 3.8) is 0 Å². The van der Waals surface area contributed by atoms with E-state index in [9.17, 15) is 8.42 Å². The van der Waals surface area contributed by atoms with E-state index in [2.05, 4.69) is 25.1 Å². The molecule has 0 bridgehead atoms. The molecule has 0 aliphatic rings. The molecular weight excluding hydrogens is 266 g/mol. The molecule has 7 nitrogen and oxygen atoms in total. The molecule has 2 aromatic rings. The zero-order chi connectivity index (χ0) is 14.2. The monoisotopic (exact) mass is 283 g/mol.